The van der Waals surface area contributed by atoms with Crippen LogP contribution in [-0.2, 0) is 17.8 Å². The Hall–Kier alpha value is -2.62. The van der Waals surface area contributed by atoms with Gasteiger partial charge in [0, 0.05) is 13.1 Å². The number of aryl methyl sites for hydroxylation is 1. The number of nitrogens with zero attached hydrogens (tertiary/aromatic N) is 1. The number of amides is 1. The molecule has 0 atom stereocenters. The van der Waals surface area contributed by atoms with Crippen LogP contribution in [0.3, 0.4) is 0 Å². The highest BCUT2D eigenvalue weighted by Gasteiger charge is 2.20. The van der Waals surface area contributed by atoms with Crippen molar-refractivity contribution in [3.8, 4) is 11.5 Å². The van der Waals surface area contributed by atoms with Crippen molar-refractivity contribution in [2.24, 2.45) is 0 Å². The van der Waals surface area contributed by atoms with Crippen LogP contribution < -0.4 is 4.74 Å². The minimum atomic E-state index is -0.293. The lowest BCUT2D eigenvalue weighted by Crippen LogP contribution is -2.34. The Labute approximate surface area is 135 Å². The van der Waals surface area contributed by atoms with Crippen molar-refractivity contribution >= 4 is 5.91 Å². The number of carbonyl (C=O) groups excluding carboxylic acids is 1. The summed E-state index contributed by atoms with van der Waals surface area (Å²) in [7, 11) is 0. The Bertz CT molecular complexity index is 753. The lowest BCUT2D eigenvalue weighted by Gasteiger charge is -2.28. The van der Waals surface area contributed by atoms with Crippen LogP contribution in [0.2, 0.25) is 0 Å². The minimum absolute atomic E-state index is 0.0581. The van der Waals surface area contributed by atoms with Crippen LogP contribution in [0.4, 0.5) is 4.39 Å². The topological polar surface area (TPSA) is 29.5 Å². The van der Waals surface area contributed by atoms with E-state index in [9.17, 15) is 9.18 Å². The molecule has 0 saturated heterocycles. The number of benzene rings is 2. The van der Waals surface area contributed by atoms with E-state index in [1.807, 2.05) is 13.0 Å². The Balaban J connectivity index is 1.87. The second-order valence-electron chi connectivity index (χ2n) is 5.66. The zero-order chi connectivity index (χ0) is 16.4. The SMILES string of the molecule is C=CC(=O)N1CCc2cc(C)c(Oc3ccc(F)cc3)cc2C1. The number of hydrogen-bond donors (Lipinski definition) is 0. The third kappa shape index (κ3) is 3.26. The number of rotatable bonds is 3. The summed E-state index contributed by atoms with van der Waals surface area (Å²) in [5.41, 5.74) is 3.34. The molecule has 0 aliphatic carbocycles. The van der Waals surface area contributed by atoms with Crippen molar-refractivity contribution in [3.63, 3.8) is 0 Å². The lowest BCUT2D eigenvalue weighted by molar-refractivity contribution is -0.126. The first-order valence-electron chi connectivity index (χ1n) is 7.54. The highest BCUT2D eigenvalue weighted by Crippen LogP contribution is 2.31. The monoisotopic (exact) mass is 311 g/mol. The van der Waals surface area contributed by atoms with Gasteiger partial charge in [0.25, 0.3) is 0 Å². The molecule has 0 N–H and O–H groups in total. The summed E-state index contributed by atoms with van der Waals surface area (Å²) >= 11 is 0. The average molecular weight is 311 g/mol. The van der Waals surface area contributed by atoms with Gasteiger partial charge in [-0.1, -0.05) is 12.6 Å². The summed E-state index contributed by atoms with van der Waals surface area (Å²) in [5, 5.41) is 0. The van der Waals surface area contributed by atoms with Crippen LogP contribution in [0.25, 0.3) is 0 Å². The molecular formula is C19H18FNO2. The van der Waals surface area contributed by atoms with E-state index < -0.39 is 0 Å². The Morgan fingerprint density at radius 1 is 1.26 bits per heavy atom. The summed E-state index contributed by atoms with van der Waals surface area (Å²) in [6.45, 7) is 6.79. The maximum atomic E-state index is 13.0. The van der Waals surface area contributed by atoms with Gasteiger partial charge in [-0.2, -0.15) is 0 Å². The molecule has 1 heterocycles. The van der Waals surface area contributed by atoms with E-state index >= 15 is 0 Å². The van der Waals surface area contributed by atoms with Gasteiger partial charge in [-0.05, 0) is 66.4 Å². The van der Waals surface area contributed by atoms with Crippen LogP contribution in [0.1, 0.15) is 16.7 Å². The fourth-order valence-corrected chi connectivity index (χ4v) is 2.77. The van der Waals surface area contributed by atoms with E-state index in [-0.39, 0.29) is 11.7 Å². The van der Waals surface area contributed by atoms with Gasteiger partial charge in [0.05, 0.1) is 0 Å². The van der Waals surface area contributed by atoms with E-state index in [0.29, 0.717) is 18.8 Å². The second-order valence-corrected chi connectivity index (χ2v) is 5.66. The molecule has 0 unspecified atom stereocenters. The van der Waals surface area contributed by atoms with Crippen LogP contribution in [0, 0.1) is 12.7 Å². The molecule has 1 aliphatic rings. The first kappa shape index (κ1) is 15.3. The van der Waals surface area contributed by atoms with Crippen molar-refractivity contribution in [3.05, 3.63) is 71.6 Å². The number of ether oxygens (including phenoxy) is 1. The van der Waals surface area contributed by atoms with Gasteiger partial charge in [-0.25, -0.2) is 4.39 Å². The molecule has 23 heavy (non-hydrogen) atoms. The van der Waals surface area contributed by atoms with Gasteiger partial charge in [0.15, 0.2) is 0 Å². The Kier molecular flexibility index (Phi) is 4.15. The van der Waals surface area contributed by atoms with Crippen LogP contribution in [-0.4, -0.2) is 17.4 Å². The van der Waals surface area contributed by atoms with Gasteiger partial charge in [-0.3, -0.25) is 4.79 Å². The molecule has 3 rings (SSSR count). The van der Waals surface area contributed by atoms with Crippen LogP contribution in [0.5, 0.6) is 11.5 Å². The second kappa shape index (κ2) is 6.24. The first-order chi connectivity index (χ1) is 11.1. The van der Waals surface area contributed by atoms with Gasteiger partial charge in [0.1, 0.15) is 17.3 Å². The zero-order valence-corrected chi connectivity index (χ0v) is 13.0. The van der Waals surface area contributed by atoms with E-state index in [1.54, 1.807) is 17.0 Å². The van der Waals surface area contributed by atoms with E-state index in [1.165, 1.54) is 23.8 Å². The fraction of sp³-hybridized carbons (Fsp3) is 0.211. The molecule has 0 saturated carbocycles. The Morgan fingerprint density at radius 3 is 2.70 bits per heavy atom. The van der Waals surface area contributed by atoms with Gasteiger partial charge >= 0.3 is 0 Å². The molecule has 1 amide bonds. The maximum Gasteiger partial charge on any atom is 0.246 e. The lowest BCUT2D eigenvalue weighted by atomic mass is 9.97. The molecule has 1 aliphatic heterocycles. The number of carbonyl (C=O) groups is 1. The van der Waals surface area contributed by atoms with Crippen molar-refractivity contribution in [2.45, 2.75) is 19.9 Å². The highest BCUT2D eigenvalue weighted by molar-refractivity contribution is 5.87. The van der Waals surface area contributed by atoms with Gasteiger partial charge in [0.2, 0.25) is 5.91 Å². The minimum Gasteiger partial charge on any atom is -0.457 e. The Morgan fingerprint density at radius 2 is 2.00 bits per heavy atom. The van der Waals surface area contributed by atoms with Crippen molar-refractivity contribution in [1.29, 1.82) is 0 Å². The molecule has 0 fully saturated rings. The summed E-state index contributed by atoms with van der Waals surface area (Å²) in [5.74, 6) is 0.961. The molecule has 118 valence electrons. The number of halogens is 1. The maximum absolute atomic E-state index is 13.0. The van der Waals surface area contributed by atoms with Crippen LogP contribution in [0.15, 0.2) is 49.1 Å². The summed E-state index contributed by atoms with van der Waals surface area (Å²) < 4.78 is 18.8. The first-order valence-corrected chi connectivity index (χ1v) is 7.54. The molecule has 0 spiro atoms. The summed E-state index contributed by atoms with van der Waals surface area (Å²) in [4.78, 5) is 13.6. The predicted octanol–water partition coefficient (Wildman–Crippen LogP) is 4.00. The normalized spacial score (nSPS) is 13.4. The van der Waals surface area contributed by atoms with Gasteiger partial charge < -0.3 is 9.64 Å². The van der Waals surface area contributed by atoms with Crippen molar-refractivity contribution in [2.75, 3.05) is 6.54 Å². The molecule has 0 aromatic heterocycles. The zero-order valence-electron chi connectivity index (χ0n) is 13.0. The fourth-order valence-electron chi connectivity index (χ4n) is 2.77. The van der Waals surface area contributed by atoms with E-state index in [0.717, 1.165) is 23.3 Å². The standard InChI is InChI=1S/C19H18FNO2/c1-3-19(22)21-9-8-14-10-13(2)18(11-15(14)12-21)23-17-6-4-16(20)5-7-17/h3-7,10-11H,1,8-9,12H2,2H3. The molecule has 0 bridgehead atoms. The number of hydrogen-bond acceptors (Lipinski definition) is 2. The highest BCUT2D eigenvalue weighted by atomic mass is 19.1. The van der Waals surface area contributed by atoms with Crippen molar-refractivity contribution < 1.29 is 13.9 Å². The van der Waals surface area contributed by atoms with E-state index in [2.05, 4.69) is 12.6 Å². The molecular weight excluding hydrogens is 293 g/mol. The summed E-state index contributed by atoms with van der Waals surface area (Å²) in [6, 6.07) is 10.0. The summed E-state index contributed by atoms with van der Waals surface area (Å²) in [6.07, 6.45) is 2.17. The van der Waals surface area contributed by atoms with Crippen LogP contribution >= 0.6 is 0 Å². The van der Waals surface area contributed by atoms with E-state index in [4.69, 9.17) is 4.74 Å². The molecule has 3 nitrogen and oxygen atoms in total. The molecule has 2 aromatic rings. The molecule has 4 heteroatoms. The smallest absolute Gasteiger partial charge is 0.246 e. The predicted molar refractivity (Wildman–Crippen MR) is 87.0 cm³/mol. The molecule has 2 aromatic carbocycles. The quantitative estimate of drug-likeness (QED) is 0.802. The van der Waals surface area contributed by atoms with Gasteiger partial charge in [-0.15, -0.1) is 0 Å². The largest absolute Gasteiger partial charge is 0.457 e. The third-order valence-electron chi connectivity index (χ3n) is 4.04. The van der Waals surface area contributed by atoms with Crippen molar-refractivity contribution in [1.82, 2.24) is 4.90 Å². The molecule has 0 radical (unpaired) electrons. The average Bonchev–Trinajstić information content (AvgIpc) is 2.56. The number of fused-ring (bicyclic) bond motifs is 1. The third-order valence-corrected chi connectivity index (χ3v) is 4.04.